The van der Waals surface area contributed by atoms with Crippen molar-refractivity contribution in [2.75, 3.05) is 10.6 Å². The maximum absolute atomic E-state index is 14.6. The minimum Gasteiger partial charge on any atom is -0.377 e. The minimum absolute atomic E-state index is 0.0545. The smallest absolute Gasteiger partial charge is 0.377 e. The summed E-state index contributed by atoms with van der Waals surface area (Å²) in [4.78, 5) is 4.05. The third kappa shape index (κ3) is 5.86. The summed E-state index contributed by atoms with van der Waals surface area (Å²) < 4.78 is 68.7. The van der Waals surface area contributed by atoms with Crippen LogP contribution < -0.4 is 10.6 Å². The summed E-state index contributed by atoms with van der Waals surface area (Å²) in [5.74, 6) is -0.530. The third-order valence-corrected chi connectivity index (χ3v) is 7.42. The molecule has 2 N–H and O–H groups in total. The van der Waals surface area contributed by atoms with Crippen LogP contribution in [-0.2, 0) is 6.18 Å². The van der Waals surface area contributed by atoms with Crippen molar-refractivity contribution in [3.05, 3.63) is 113 Å². The molecule has 2 atom stereocenters. The van der Waals surface area contributed by atoms with Crippen molar-refractivity contribution in [3.63, 3.8) is 0 Å². The number of pyridine rings is 1. The summed E-state index contributed by atoms with van der Waals surface area (Å²) in [5, 5.41) is 24.6. The lowest BCUT2D eigenvalue weighted by Gasteiger charge is -2.23. The number of nitrogens with zero attached hydrogens (tertiary/aromatic N) is 5. The van der Waals surface area contributed by atoms with E-state index in [-0.39, 0.29) is 51.2 Å². The lowest BCUT2D eigenvalue weighted by Crippen LogP contribution is -2.16. The quantitative estimate of drug-likeness (QED) is 0.170. The number of anilines is 2. The summed E-state index contributed by atoms with van der Waals surface area (Å²) in [7, 11) is 0. The fraction of sp³-hybridized carbons (Fsp3) is 0.250. The van der Waals surface area contributed by atoms with Crippen LogP contribution in [-0.4, -0.2) is 20.0 Å². The average Bonchev–Trinajstić information content (AvgIpc) is 3.75. The van der Waals surface area contributed by atoms with Crippen molar-refractivity contribution in [3.8, 4) is 6.07 Å². The minimum atomic E-state index is -4.81. The number of rotatable bonds is 9. The summed E-state index contributed by atoms with van der Waals surface area (Å²) in [6.07, 6.45) is 0.300. The highest BCUT2D eigenvalue weighted by Crippen LogP contribution is 2.41. The van der Waals surface area contributed by atoms with Gasteiger partial charge in [-0.3, -0.25) is 4.98 Å². The SMILES string of the molecule is [2H]C(Nc1cc(C(F)(F)F)c2ncc(C#N)c(NC(CC)c3ccccc3)c2c1)(c1ccc(F)cc1)c1cn(C2CC2)nn1. The van der Waals surface area contributed by atoms with E-state index in [9.17, 15) is 24.2 Å². The fourth-order valence-electron chi connectivity index (χ4n) is 5.07. The molecule has 1 saturated carbocycles. The number of nitriles is 1. The molecule has 7 nitrogen and oxygen atoms in total. The van der Waals surface area contributed by atoms with Crippen LogP contribution in [0.1, 0.15) is 73.6 Å². The maximum atomic E-state index is 14.6. The average molecular weight is 587 g/mol. The van der Waals surface area contributed by atoms with Gasteiger partial charge in [-0.05, 0) is 54.7 Å². The molecule has 0 spiro atoms. The van der Waals surface area contributed by atoms with Crippen molar-refractivity contribution in [2.45, 2.75) is 50.5 Å². The molecular weight excluding hydrogens is 558 g/mol. The van der Waals surface area contributed by atoms with E-state index < -0.39 is 23.6 Å². The first kappa shape index (κ1) is 26.9. The van der Waals surface area contributed by atoms with Crippen LogP contribution in [0.15, 0.2) is 79.1 Å². The van der Waals surface area contributed by atoms with E-state index in [1.54, 1.807) is 10.9 Å². The van der Waals surface area contributed by atoms with E-state index in [0.717, 1.165) is 30.7 Å². The lowest BCUT2D eigenvalue weighted by atomic mass is 9.99. The molecule has 0 amide bonds. The van der Waals surface area contributed by atoms with E-state index >= 15 is 0 Å². The standard InChI is InChI=1S/C32H27F4N7/c1-2-27(19-6-4-3-5-7-19)40-29-21(16-37)17-38-31-25(29)14-23(15-26(31)32(34,35)36)39-30(20-8-10-22(33)11-9-20)28-18-43(42-41-28)24-12-13-24/h3-11,14-15,17-18,24,27,30,39H,2,12-13H2,1H3,(H,38,40)/i30D. The van der Waals surface area contributed by atoms with E-state index in [4.69, 9.17) is 0 Å². The molecule has 43 heavy (non-hydrogen) atoms. The predicted molar refractivity (Wildman–Crippen MR) is 155 cm³/mol. The van der Waals surface area contributed by atoms with Gasteiger partial charge in [0, 0.05) is 17.3 Å². The van der Waals surface area contributed by atoms with Gasteiger partial charge in [0.05, 0.1) is 48.0 Å². The first-order chi connectivity index (χ1) is 21.1. The zero-order valence-electron chi connectivity index (χ0n) is 24.0. The summed E-state index contributed by atoms with van der Waals surface area (Å²) in [6, 6.07) is 16.8. The van der Waals surface area contributed by atoms with Gasteiger partial charge in [-0.25, -0.2) is 9.07 Å². The van der Waals surface area contributed by atoms with Crippen LogP contribution in [0.4, 0.5) is 28.9 Å². The van der Waals surface area contributed by atoms with Gasteiger partial charge in [-0.15, -0.1) is 5.10 Å². The first-order valence-electron chi connectivity index (χ1n) is 14.3. The molecular formula is C32H27F4N7. The Morgan fingerprint density at radius 2 is 1.81 bits per heavy atom. The lowest BCUT2D eigenvalue weighted by molar-refractivity contribution is -0.136. The Bertz CT molecular complexity index is 1850. The Hall–Kier alpha value is -4.98. The van der Waals surface area contributed by atoms with Crippen molar-refractivity contribution in [2.24, 2.45) is 0 Å². The van der Waals surface area contributed by atoms with Crippen LogP contribution >= 0.6 is 0 Å². The molecule has 2 unspecified atom stereocenters. The van der Waals surface area contributed by atoms with Crippen LogP contribution in [0.2, 0.25) is 0 Å². The van der Waals surface area contributed by atoms with Gasteiger partial charge < -0.3 is 10.6 Å². The molecule has 11 heteroatoms. The molecule has 0 saturated heterocycles. The van der Waals surface area contributed by atoms with Crippen molar-refractivity contribution in [1.82, 2.24) is 20.0 Å². The molecule has 1 aliphatic rings. The second-order valence-corrected chi connectivity index (χ2v) is 10.4. The number of halogens is 4. The van der Waals surface area contributed by atoms with Gasteiger partial charge in [-0.2, -0.15) is 18.4 Å². The van der Waals surface area contributed by atoms with Crippen molar-refractivity contribution in [1.29, 1.82) is 5.26 Å². The zero-order valence-corrected chi connectivity index (χ0v) is 23.0. The number of fused-ring (bicyclic) bond motifs is 1. The largest absolute Gasteiger partial charge is 0.418 e. The second kappa shape index (κ2) is 11.4. The molecule has 1 fully saturated rings. The van der Waals surface area contributed by atoms with Crippen LogP contribution in [0, 0.1) is 17.1 Å². The monoisotopic (exact) mass is 586 g/mol. The van der Waals surface area contributed by atoms with Gasteiger partial charge in [-0.1, -0.05) is 54.6 Å². The van der Waals surface area contributed by atoms with E-state index in [1.165, 1.54) is 30.3 Å². The van der Waals surface area contributed by atoms with E-state index in [2.05, 4.69) is 32.0 Å². The van der Waals surface area contributed by atoms with Gasteiger partial charge >= 0.3 is 6.18 Å². The summed E-state index contributed by atoms with van der Waals surface area (Å²) >= 11 is 0. The van der Waals surface area contributed by atoms with Gasteiger partial charge in [0.2, 0.25) is 0 Å². The maximum Gasteiger partial charge on any atom is 0.418 e. The van der Waals surface area contributed by atoms with E-state index in [0.29, 0.717) is 6.42 Å². The molecule has 5 aromatic rings. The number of nitrogens with one attached hydrogen (secondary N) is 2. The molecule has 0 radical (unpaired) electrons. The molecule has 3 aromatic carbocycles. The Balaban J connectivity index is 1.53. The molecule has 1 aliphatic carbocycles. The van der Waals surface area contributed by atoms with Crippen molar-refractivity contribution >= 4 is 22.3 Å². The highest BCUT2D eigenvalue weighted by molar-refractivity contribution is 5.98. The van der Waals surface area contributed by atoms with Gasteiger partial charge in [0.15, 0.2) is 0 Å². The Kier molecular flexibility index (Phi) is 7.10. The molecule has 0 aliphatic heterocycles. The number of hydrogen-bond donors (Lipinski definition) is 2. The second-order valence-electron chi connectivity index (χ2n) is 10.4. The zero-order chi connectivity index (χ0) is 31.1. The number of aromatic nitrogens is 4. The molecule has 2 heterocycles. The molecule has 6 rings (SSSR count). The molecule has 0 bridgehead atoms. The van der Waals surface area contributed by atoms with Crippen LogP contribution in [0.25, 0.3) is 10.9 Å². The Morgan fingerprint density at radius 1 is 1.07 bits per heavy atom. The van der Waals surface area contributed by atoms with E-state index in [1.807, 2.05) is 37.3 Å². The summed E-state index contributed by atoms with van der Waals surface area (Å²) in [5.41, 5.74) is 0.0760. The summed E-state index contributed by atoms with van der Waals surface area (Å²) in [6.45, 7) is 1.93. The highest BCUT2D eigenvalue weighted by Gasteiger charge is 2.35. The number of benzene rings is 3. The molecule has 2 aromatic heterocycles. The Morgan fingerprint density at radius 3 is 2.47 bits per heavy atom. The number of alkyl halides is 3. The number of hydrogen-bond acceptors (Lipinski definition) is 6. The van der Waals surface area contributed by atoms with Gasteiger partial charge in [0.25, 0.3) is 0 Å². The fourth-order valence-corrected chi connectivity index (χ4v) is 5.07. The van der Waals surface area contributed by atoms with Crippen LogP contribution in [0.3, 0.4) is 0 Å². The normalized spacial score (nSPS) is 15.8. The van der Waals surface area contributed by atoms with Crippen molar-refractivity contribution < 1.29 is 18.9 Å². The Labute approximate surface area is 246 Å². The molecule has 218 valence electrons. The third-order valence-electron chi connectivity index (χ3n) is 7.42. The van der Waals surface area contributed by atoms with Gasteiger partial charge in [0.1, 0.15) is 17.6 Å². The first-order valence-corrected chi connectivity index (χ1v) is 13.8. The van der Waals surface area contributed by atoms with Crippen LogP contribution in [0.5, 0.6) is 0 Å². The predicted octanol–water partition coefficient (Wildman–Crippen LogP) is 7.96. The highest BCUT2D eigenvalue weighted by atomic mass is 19.4. The topological polar surface area (TPSA) is 91.5 Å².